The molecule has 20 heavy (non-hydrogen) atoms. The van der Waals surface area contributed by atoms with Crippen LogP contribution in [0.15, 0.2) is 30.3 Å². The molecule has 1 N–H and O–H groups in total. The summed E-state index contributed by atoms with van der Waals surface area (Å²) in [4.78, 5) is 24.2. The highest BCUT2D eigenvalue weighted by molar-refractivity contribution is 5.94. The third-order valence-electron chi connectivity index (χ3n) is 3.01. The van der Waals surface area contributed by atoms with Gasteiger partial charge in [0.2, 0.25) is 5.91 Å². The summed E-state index contributed by atoms with van der Waals surface area (Å²) in [6.45, 7) is 0.467. The number of nitrogens with zero attached hydrogens (tertiary/aromatic N) is 1. The van der Waals surface area contributed by atoms with Crippen LogP contribution in [0.3, 0.4) is 0 Å². The molecule has 1 aromatic rings. The zero-order chi connectivity index (χ0) is 14.5. The predicted octanol–water partition coefficient (Wildman–Crippen LogP) is 1.15. The number of ether oxygens (including phenoxy) is 1. The molecular formula is C14H14FNO4. The molecule has 1 aromatic carbocycles. The van der Waals surface area contributed by atoms with Crippen molar-refractivity contribution in [2.45, 2.75) is 6.04 Å². The summed E-state index contributed by atoms with van der Waals surface area (Å²) in [7, 11) is 0. The van der Waals surface area contributed by atoms with Crippen molar-refractivity contribution < 1.29 is 23.8 Å². The van der Waals surface area contributed by atoms with Crippen LogP contribution in [0.1, 0.15) is 5.56 Å². The molecule has 2 rings (SSSR count). The minimum Gasteiger partial charge on any atom is -0.480 e. The van der Waals surface area contributed by atoms with Crippen LogP contribution in [0.25, 0.3) is 6.08 Å². The third kappa shape index (κ3) is 3.21. The number of carbonyl (C=O) groups is 2. The number of hydrogen-bond donors (Lipinski definition) is 1. The molecule has 0 bridgehead atoms. The van der Waals surface area contributed by atoms with Crippen LogP contribution in [0, 0.1) is 5.82 Å². The van der Waals surface area contributed by atoms with E-state index in [0.29, 0.717) is 6.61 Å². The normalized spacial score (nSPS) is 19.2. The summed E-state index contributed by atoms with van der Waals surface area (Å²) in [5.74, 6) is -2.02. The first-order valence-electron chi connectivity index (χ1n) is 6.13. The predicted molar refractivity (Wildman–Crippen MR) is 69.4 cm³/mol. The molecule has 106 valence electrons. The molecular weight excluding hydrogens is 265 g/mol. The molecule has 1 aliphatic rings. The molecule has 6 heteroatoms. The molecule has 1 saturated heterocycles. The Morgan fingerprint density at radius 3 is 2.85 bits per heavy atom. The van der Waals surface area contributed by atoms with Crippen molar-refractivity contribution in [3.05, 3.63) is 41.7 Å². The van der Waals surface area contributed by atoms with Crippen LogP contribution in [0.5, 0.6) is 0 Å². The van der Waals surface area contributed by atoms with Gasteiger partial charge in [-0.15, -0.1) is 0 Å². The molecule has 1 amide bonds. The maximum absolute atomic E-state index is 13.4. The standard InChI is InChI=1S/C14H14FNO4/c15-11-4-2-1-3-10(11)5-6-13(17)16-7-8-20-9-12(16)14(18)19/h1-6,12H,7-9H2,(H,18,19)/b6-5+/t12-/m0/s1. The second kappa shape index (κ2) is 6.29. The summed E-state index contributed by atoms with van der Waals surface area (Å²) in [5, 5.41) is 9.03. The summed E-state index contributed by atoms with van der Waals surface area (Å²) in [6.07, 6.45) is 2.52. The zero-order valence-electron chi connectivity index (χ0n) is 10.7. The molecule has 0 saturated carbocycles. The zero-order valence-corrected chi connectivity index (χ0v) is 10.7. The lowest BCUT2D eigenvalue weighted by Crippen LogP contribution is -2.52. The second-order valence-electron chi connectivity index (χ2n) is 4.32. The highest BCUT2D eigenvalue weighted by Crippen LogP contribution is 2.11. The summed E-state index contributed by atoms with van der Waals surface area (Å²) < 4.78 is 18.4. The van der Waals surface area contributed by atoms with Gasteiger partial charge in [0.15, 0.2) is 6.04 Å². The topological polar surface area (TPSA) is 66.8 Å². The first-order chi connectivity index (χ1) is 9.59. The fourth-order valence-corrected chi connectivity index (χ4v) is 1.94. The highest BCUT2D eigenvalue weighted by Gasteiger charge is 2.31. The van der Waals surface area contributed by atoms with Gasteiger partial charge >= 0.3 is 5.97 Å². The molecule has 1 atom stereocenters. The number of hydrogen-bond acceptors (Lipinski definition) is 3. The largest absolute Gasteiger partial charge is 0.480 e. The van der Waals surface area contributed by atoms with E-state index in [9.17, 15) is 14.0 Å². The Morgan fingerprint density at radius 2 is 2.15 bits per heavy atom. The Morgan fingerprint density at radius 1 is 1.40 bits per heavy atom. The highest BCUT2D eigenvalue weighted by atomic mass is 19.1. The molecule has 0 aromatic heterocycles. The first kappa shape index (κ1) is 14.2. The van der Waals surface area contributed by atoms with Crippen molar-refractivity contribution in [1.82, 2.24) is 4.90 Å². The minimum atomic E-state index is -1.11. The maximum atomic E-state index is 13.4. The number of carboxylic acids is 1. The van der Waals surface area contributed by atoms with Gasteiger partial charge in [0.1, 0.15) is 5.82 Å². The second-order valence-corrected chi connectivity index (χ2v) is 4.32. The van der Waals surface area contributed by atoms with Crippen molar-refractivity contribution in [2.24, 2.45) is 0 Å². The van der Waals surface area contributed by atoms with Gasteiger partial charge < -0.3 is 14.7 Å². The van der Waals surface area contributed by atoms with E-state index < -0.39 is 23.7 Å². The molecule has 0 aliphatic carbocycles. The molecule has 1 fully saturated rings. The van der Waals surface area contributed by atoms with Crippen LogP contribution in [-0.2, 0) is 14.3 Å². The van der Waals surface area contributed by atoms with Crippen molar-refractivity contribution in [2.75, 3.05) is 19.8 Å². The summed E-state index contributed by atoms with van der Waals surface area (Å²) in [5.41, 5.74) is 0.279. The van der Waals surface area contributed by atoms with E-state index >= 15 is 0 Å². The number of halogens is 1. The summed E-state index contributed by atoms with van der Waals surface area (Å²) in [6, 6.07) is 5.03. The minimum absolute atomic E-state index is 0.0331. The Kier molecular flexibility index (Phi) is 4.47. The Hall–Kier alpha value is -2.21. The quantitative estimate of drug-likeness (QED) is 0.843. The van der Waals surface area contributed by atoms with Gasteiger partial charge in [-0.1, -0.05) is 18.2 Å². The van der Waals surface area contributed by atoms with Crippen molar-refractivity contribution in [3.63, 3.8) is 0 Å². The monoisotopic (exact) mass is 279 g/mol. The van der Waals surface area contributed by atoms with Gasteiger partial charge in [-0.2, -0.15) is 0 Å². The number of amides is 1. The summed E-state index contributed by atoms with van der Waals surface area (Å²) >= 11 is 0. The average molecular weight is 279 g/mol. The van der Waals surface area contributed by atoms with Crippen molar-refractivity contribution in [1.29, 1.82) is 0 Å². The number of benzene rings is 1. The molecule has 0 unspecified atom stereocenters. The molecule has 0 spiro atoms. The molecule has 0 radical (unpaired) electrons. The lowest BCUT2D eigenvalue weighted by molar-refractivity contribution is -0.156. The first-order valence-corrected chi connectivity index (χ1v) is 6.13. The van der Waals surface area contributed by atoms with E-state index in [4.69, 9.17) is 9.84 Å². The fourth-order valence-electron chi connectivity index (χ4n) is 1.94. The van der Waals surface area contributed by atoms with Gasteiger partial charge in [0.25, 0.3) is 0 Å². The number of carbonyl (C=O) groups excluding carboxylic acids is 1. The van der Waals surface area contributed by atoms with Crippen molar-refractivity contribution >= 4 is 18.0 Å². The molecule has 1 heterocycles. The maximum Gasteiger partial charge on any atom is 0.328 e. The Balaban J connectivity index is 2.10. The number of rotatable bonds is 3. The van der Waals surface area contributed by atoms with Gasteiger partial charge in [-0.05, 0) is 12.1 Å². The lowest BCUT2D eigenvalue weighted by atomic mass is 10.2. The van der Waals surface area contributed by atoms with E-state index in [-0.39, 0.29) is 18.7 Å². The van der Waals surface area contributed by atoms with Crippen LogP contribution in [0.2, 0.25) is 0 Å². The molecule has 5 nitrogen and oxygen atoms in total. The van der Waals surface area contributed by atoms with E-state index in [1.807, 2.05) is 0 Å². The van der Waals surface area contributed by atoms with E-state index in [2.05, 4.69) is 0 Å². The van der Waals surface area contributed by atoms with Gasteiger partial charge in [0.05, 0.1) is 13.2 Å². The van der Waals surface area contributed by atoms with Gasteiger partial charge in [-0.3, -0.25) is 4.79 Å². The Labute approximate surface area is 115 Å². The van der Waals surface area contributed by atoms with Crippen LogP contribution < -0.4 is 0 Å². The number of carboxylic acid groups (broad SMARTS) is 1. The van der Waals surface area contributed by atoms with Gasteiger partial charge in [-0.25, -0.2) is 9.18 Å². The van der Waals surface area contributed by atoms with E-state index in [0.717, 1.165) is 0 Å². The van der Waals surface area contributed by atoms with Crippen molar-refractivity contribution in [3.8, 4) is 0 Å². The molecule has 1 aliphatic heterocycles. The smallest absolute Gasteiger partial charge is 0.328 e. The fraction of sp³-hybridized carbons (Fsp3) is 0.286. The SMILES string of the molecule is O=C(O)[C@@H]1COCCN1C(=O)/C=C/c1ccccc1F. The van der Waals surface area contributed by atoms with Crippen LogP contribution in [-0.4, -0.2) is 47.7 Å². The van der Waals surface area contributed by atoms with Crippen LogP contribution in [0.4, 0.5) is 4.39 Å². The third-order valence-corrected chi connectivity index (χ3v) is 3.01. The average Bonchev–Trinajstić information content (AvgIpc) is 2.46. The number of aliphatic carboxylic acids is 1. The van der Waals surface area contributed by atoms with E-state index in [1.165, 1.54) is 29.2 Å². The van der Waals surface area contributed by atoms with E-state index in [1.54, 1.807) is 12.1 Å². The number of morpholine rings is 1. The Bertz CT molecular complexity index is 544. The van der Waals surface area contributed by atoms with Gasteiger partial charge in [0, 0.05) is 18.2 Å². The lowest BCUT2D eigenvalue weighted by Gasteiger charge is -2.31. The van der Waals surface area contributed by atoms with Crippen LogP contribution >= 0.6 is 0 Å².